The van der Waals surface area contributed by atoms with Crippen LogP contribution in [0.4, 0.5) is 0 Å². The Balaban J connectivity index is 2.57. The van der Waals surface area contributed by atoms with E-state index in [9.17, 15) is 9.59 Å². The van der Waals surface area contributed by atoms with Gasteiger partial charge in [0.15, 0.2) is 0 Å². The van der Waals surface area contributed by atoms with Gasteiger partial charge in [0.2, 0.25) is 11.8 Å². The Labute approximate surface area is 103 Å². The zero-order valence-corrected chi connectivity index (χ0v) is 11.0. The van der Waals surface area contributed by atoms with Gasteiger partial charge in [-0.2, -0.15) is 0 Å². The average molecular weight is 241 g/mol. The normalized spacial score (nSPS) is 19.1. The largest absolute Gasteiger partial charge is 0.347 e. The maximum absolute atomic E-state index is 12.2. The molecule has 1 aliphatic rings. The van der Waals surface area contributed by atoms with Crippen LogP contribution in [0.2, 0.25) is 0 Å². The summed E-state index contributed by atoms with van der Waals surface area (Å²) in [6.07, 6.45) is 2.80. The lowest BCUT2D eigenvalue weighted by Crippen LogP contribution is -2.47. The lowest BCUT2D eigenvalue weighted by molar-refractivity contribution is -0.140. The lowest BCUT2D eigenvalue weighted by Gasteiger charge is -2.26. The zero-order valence-electron chi connectivity index (χ0n) is 11.0. The van der Waals surface area contributed by atoms with Crippen LogP contribution in [0.1, 0.15) is 26.2 Å². The number of hydrogen-bond acceptors (Lipinski definition) is 3. The molecule has 1 rings (SSSR count). The van der Waals surface area contributed by atoms with Crippen LogP contribution in [0.25, 0.3) is 0 Å². The van der Waals surface area contributed by atoms with Gasteiger partial charge in [-0.15, -0.1) is 0 Å². The van der Waals surface area contributed by atoms with E-state index >= 15 is 0 Å². The van der Waals surface area contributed by atoms with Crippen LogP contribution in [0.5, 0.6) is 0 Å². The molecular weight excluding hydrogens is 218 g/mol. The molecule has 0 saturated carbocycles. The van der Waals surface area contributed by atoms with E-state index in [4.69, 9.17) is 0 Å². The van der Waals surface area contributed by atoms with Crippen LogP contribution < -0.4 is 5.32 Å². The smallest absolute Gasteiger partial charge is 0.241 e. The summed E-state index contributed by atoms with van der Waals surface area (Å²) >= 11 is 0. The van der Waals surface area contributed by atoms with Crippen LogP contribution in [-0.2, 0) is 9.59 Å². The van der Waals surface area contributed by atoms with Crippen molar-refractivity contribution >= 4 is 11.8 Å². The second-order valence-corrected chi connectivity index (χ2v) is 4.70. The van der Waals surface area contributed by atoms with E-state index < -0.39 is 0 Å². The van der Waals surface area contributed by atoms with Crippen LogP contribution in [0.15, 0.2) is 0 Å². The SMILES string of the molecule is CCCN(CC(=O)N(C)C)C(=O)[C@H]1CCCN1. The predicted octanol–water partition coefficient (Wildman–Crippen LogP) is 0.0652. The molecule has 0 aromatic rings. The maximum atomic E-state index is 12.2. The number of amides is 2. The highest BCUT2D eigenvalue weighted by molar-refractivity contribution is 5.87. The van der Waals surface area contributed by atoms with Crippen LogP contribution in [0.3, 0.4) is 0 Å². The van der Waals surface area contributed by atoms with Gasteiger partial charge in [0.1, 0.15) is 0 Å². The van der Waals surface area contributed by atoms with Gasteiger partial charge in [-0.1, -0.05) is 6.92 Å². The summed E-state index contributed by atoms with van der Waals surface area (Å²) in [5.41, 5.74) is 0. The second kappa shape index (κ2) is 6.59. The van der Waals surface area contributed by atoms with Crippen LogP contribution in [-0.4, -0.2) is 61.4 Å². The number of nitrogens with zero attached hydrogens (tertiary/aromatic N) is 2. The Bertz CT molecular complexity index is 273. The van der Waals surface area contributed by atoms with Gasteiger partial charge in [0.25, 0.3) is 0 Å². The molecule has 0 spiro atoms. The molecule has 1 aliphatic heterocycles. The van der Waals surface area contributed by atoms with E-state index in [1.165, 1.54) is 4.90 Å². The molecule has 0 aromatic carbocycles. The highest BCUT2D eigenvalue weighted by Gasteiger charge is 2.27. The molecule has 0 radical (unpaired) electrons. The molecule has 5 nitrogen and oxygen atoms in total. The fourth-order valence-corrected chi connectivity index (χ4v) is 1.96. The highest BCUT2D eigenvalue weighted by Crippen LogP contribution is 2.09. The summed E-state index contributed by atoms with van der Waals surface area (Å²) in [6.45, 7) is 3.76. The Hall–Kier alpha value is -1.10. The number of carbonyl (C=O) groups excluding carboxylic acids is 2. The fraction of sp³-hybridized carbons (Fsp3) is 0.833. The monoisotopic (exact) mass is 241 g/mol. The average Bonchev–Trinajstić information content (AvgIpc) is 2.80. The molecule has 5 heteroatoms. The van der Waals surface area contributed by atoms with Crippen molar-refractivity contribution in [2.24, 2.45) is 0 Å². The zero-order chi connectivity index (χ0) is 12.8. The molecule has 2 amide bonds. The van der Waals surface area contributed by atoms with Crippen molar-refractivity contribution in [3.63, 3.8) is 0 Å². The molecule has 17 heavy (non-hydrogen) atoms. The van der Waals surface area contributed by atoms with Crippen molar-refractivity contribution in [3.05, 3.63) is 0 Å². The molecule has 0 bridgehead atoms. The van der Waals surface area contributed by atoms with Crippen LogP contribution >= 0.6 is 0 Å². The molecule has 1 saturated heterocycles. The van der Waals surface area contributed by atoms with Gasteiger partial charge in [-0.05, 0) is 25.8 Å². The third kappa shape index (κ3) is 4.00. The summed E-state index contributed by atoms with van der Waals surface area (Å²) in [4.78, 5) is 27.0. The molecular formula is C12H23N3O2. The summed E-state index contributed by atoms with van der Waals surface area (Å²) in [6, 6.07) is -0.0866. The van der Waals surface area contributed by atoms with Gasteiger partial charge in [-0.25, -0.2) is 0 Å². The van der Waals surface area contributed by atoms with E-state index in [-0.39, 0.29) is 24.4 Å². The molecule has 0 unspecified atom stereocenters. The third-order valence-electron chi connectivity index (χ3n) is 2.99. The minimum Gasteiger partial charge on any atom is -0.347 e. The first-order chi connectivity index (χ1) is 8.06. The molecule has 0 aromatic heterocycles. The predicted molar refractivity (Wildman–Crippen MR) is 66.6 cm³/mol. The van der Waals surface area contributed by atoms with Gasteiger partial charge < -0.3 is 15.1 Å². The first-order valence-electron chi connectivity index (χ1n) is 6.28. The van der Waals surface area contributed by atoms with Crippen molar-refractivity contribution in [2.45, 2.75) is 32.2 Å². The molecule has 0 aliphatic carbocycles. The molecule has 98 valence electrons. The van der Waals surface area contributed by atoms with Gasteiger partial charge >= 0.3 is 0 Å². The third-order valence-corrected chi connectivity index (χ3v) is 2.99. The standard InChI is InChI=1S/C12H23N3O2/c1-4-8-15(9-11(16)14(2)3)12(17)10-6-5-7-13-10/h10,13H,4-9H2,1-3H3/t10-/m1/s1. The Morgan fingerprint density at radius 3 is 2.53 bits per heavy atom. The minimum atomic E-state index is -0.0866. The molecule has 1 atom stereocenters. The summed E-state index contributed by atoms with van der Waals surface area (Å²) < 4.78 is 0. The van der Waals surface area contributed by atoms with Crippen molar-refractivity contribution in [1.29, 1.82) is 0 Å². The number of carbonyl (C=O) groups is 2. The maximum Gasteiger partial charge on any atom is 0.241 e. The summed E-state index contributed by atoms with van der Waals surface area (Å²) in [5, 5.41) is 3.18. The fourth-order valence-electron chi connectivity index (χ4n) is 1.96. The number of rotatable bonds is 5. The molecule has 1 N–H and O–H groups in total. The quantitative estimate of drug-likeness (QED) is 0.741. The molecule has 1 fully saturated rings. The Morgan fingerprint density at radius 2 is 2.06 bits per heavy atom. The van der Waals surface area contributed by atoms with Crippen molar-refractivity contribution in [1.82, 2.24) is 15.1 Å². The van der Waals surface area contributed by atoms with E-state index in [0.717, 1.165) is 25.8 Å². The van der Waals surface area contributed by atoms with Gasteiger partial charge in [0, 0.05) is 20.6 Å². The van der Waals surface area contributed by atoms with Crippen molar-refractivity contribution in [2.75, 3.05) is 33.7 Å². The Morgan fingerprint density at radius 1 is 1.35 bits per heavy atom. The number of likely N-dealkylation sites (N-methyl/N-ethyl adjacent to an activating group) is 1. The minimum absolute atomic E-state index is 0.0233. The number of hydrogen-bond donors (Lipinski definition) is 1. The highest BCUT2D eigenvalue weighted by atomic mass is 16.2. The van der Waals surface area contributed by atoms with E-state index in [1.807, 2.05) is 6.92 Å². The van der Waals surface area contributed by atoms with Crippen molar-refractivity contribution in [3.8, 4) is 0 Å². The van der Waals surface area contributed by atoms with Gasteiger partial charge in [-0.3, -0.25) is 9.59 Å². The first-order valence-corrected chi connectivity index (χ1v) is 6.28. The first kappa shape index (κ1) is 14.0. The summed E-state index contributed by atoms with van der Waals surface area (Å²) in [5.74, 6) is 0.0457. The lowest BCUT2D eigenvalue weighted by atomic mass is 10.2. The van der Waals surface area contributed by atoms with E-state index in [0.29, 0.717) is 6.54 Å². The topological polar surface area (TPSA) is 52.7 Å². The Kier molecular flexibility index (Phi) is 5.41. The molecule has 1 heterocycles. The second-order valence-electron chi connectivity index (χ2n) is 4.70. The van der Waals surface area contributed by atoms with Crippen LogP contribution in [0, 0.1) is 0 Å². The van der Waals surface area contributed by atoms with E-state index in [1.54, 1.807) is 19.0 Å². The number of nitrogens with one attached hydrogen (secondary N) is 1. The van der Waals surface area contributed by atoms with Crippen molar-refractivity contribution < 1.29 is 9.59 Å². The summed E-state index contributed by atoms with van der Waals surface area (Å²) in [7, 11) is 3.43. The van der Waals surface area contributed by atoms with E-state index in [2.05, 4.69) is 5.32 Å². The van der Waals surface area contributed by atoms with Gasteiger partial charge in [0.05, 0.1) is 12.6 Å².